The molecule has 0 spiro atoms. The number of amides is 6. The third-order valence-corrected chi connectivity index (χ3v) is 20.8. The van der Waals surface area contributed by atoms with Crippen molar-refractivity contribution in [2.24, 2.45) is 0 Å². The summed E-state index contributed by atoms with van der Waals surface area (Å²) in [7, 11) is 6.25. The molecule has 142 heavy (non-hydrogen) atoms. The second-order valence-electron chi connectivity index (χ2n) is 38.0. The number of ketones is 1. The van der Waals surface area contributed by atoms with Crippen molar-refractivity contribution >= 4 is 96.8 Å². The number of piperidine rings is 6. The molecule has 5 aromatic rings. The van der Waals surface area contributed by atoms with Gasteiger partial charge < -0.3 is 68.1 Å². The van der Waals surface area contributed by atoms with Crippen LogP contribution in [0.15, 0.2) is 152 Å². The van der Waals surface area contributed by atoms with Crippen LogP contribution >= 0.6 is 24.8 Å². The number of carboxylic acids is 1. The average molecular weight is 2030 g/mol. The normalized spacial score (nSPS) is 17.9. The van der Waals surface area contributed by atoms with Crippen molar-refractivity contribution in [2.45, 2.75) is 359 Å². The van der Waals surface area contributed by atoms with Crippen molar-refractivity contribution in [3.05, 3.63) is 180 Å². The Balaban J connectivity index is -0.000000507. The summed E-state index contributed by atoms with van der Waals surface area (Å²) in [5.74, 6) is -2.86. The maximum atomic E-state index is 12.6. The zero-order valence-electron chi connectivity index (χ0n) is 86.0. The van der Waals surface area contributed by atoms with E-state index in [-0.39, 0.29) is 133 Å². The van der Waals surface area contributed by atoms with Gasteiger partial charge in [0.25, 0.3) is 5.91 Å². The number of aliphatic hydroxyl groups is 1. The van der Waals surface area contributed by atoms with Crippen molar-refractivity contribution in [1.82, 2.24) is 40.4 Å². The molecule has 0 aliphatic carbocycles. The fourth-order valence-electron chi connectivity index (χ4n) is 14.9. The molecule has 6 amide bonds. The zero-order chi connectivity index (χ0) is 101. The number of carbonyl (C=O) groups is 12. The van der Waals surface area contributed by atoms with Gasteiger partial charge >= 0.3 is 79.2 Å². The monoisotopic (exact) mass is 2030 g/mol. The first-order valence-corrected chi connectivity index (χ1v) is 46.8. The van der Waals surface area contributed by atoms with E-state index in [4.69, 9.17) is 43.1 Å². The number of likely N-dealkylation sites (tertiary alicyclic amines) is 5. The summed E-state index contributed by atoms with van der Waals surface area (Å²) in [5, 5.41) is 24.2. The second kappa shape index (κ2) is 72.4. The van der Waals surface area contributed by atoms with Crippen LogP contribution in [0.1, 0.15) is 322 Å². The summed E-state index contributed by atoms with van der Waals surface area (Å²) in [5.41, 5.74) is 3.13. The summed E-state index contributed by atoms with van der Waals surface area (Å²) in [6, 6.07) is 48.9. The Kier molecular flexibility index (Phi) is 71.7. The van der Waals surface area contributed by atoms with Crippen molar-refractivity contribution in [3.8, 4) is 0 Å². The third-order valence-electron chi connectivity index (χ3n) is 20.8. The number of Topliss-reactive ketones (excluding diaryl/α,β-unsaturated/α-hetero) is 1. The van der Waals surface area contributed by atoms with Gasteiger partial charge in [-0.1, -0.05) is 157 Å². The third kappa shape index (κ3) is 57.0. The molecule has 9 atom stereocenters. The van der Waals surface area contributed by atoms with Gasteiger partial charge in [0.1, 0.15) is 52.3 Å². The van der Waals surface area contributed by atoms with E-state index in [2.05, 4.69) is 26.4 Å². The molecular weight excluding hydrogens is 1860 g/mol. The van der Waals surface area contributed by atoms with E-state index < -0.39 is 94.5 Å². The number of hydrogen-bond donors (Lipinski definition) is 4. The first-order valence-electron chi connectivity index (χ1n) is 46.8. The molecule has 0 aromatic heterocycles. The van der Waals surface area contributed by atoms with Gasteiger partial charge in [0.15, 0.2) is 5.78 Å². The van der Waals surface area contributed by atoms with Crippen LogP contribution in [0.25, 0.3) is 0 Å². The van der Waals surface area contributed by atoms with Crippen molar-refractivity contribution in [1.29, 1.82) is 0 Å². The number of rotatable bonds is 14. The molecule has 6 aliphatic heterocycles. The van der Waals surface area contributed by atoms with Gasteiger partial charge in [0.2, 0.25) is 0 Å². The quantitative estimate of drug-likeness (QED) is 0.0153. The van der Waals surface area contributed by atoms with E-state index in [0.29, 0.717) is 57.5 Å². The van der Waals surface area contributed by atoms with Crippen molar-refractivity contribution < 1.29 is 134 Å². The van der Waals surface area contributed by atoms with Gasteiger partial charge in [-0.25, -0.2) is 39.3 Å². The minimum absolute atomic E-state index is 0. The number of nitrogens with one attached hydrogen (secondary N) is 2. The molecule has 6 aliphatic rings. The second-order valence-corrected chi connectivity index (χ2v) is 38.0. The maximum Gasteiger partial charge on any atom is 1.00 e. The van der Waals surface area contributed by atoms with Gasteiger partial charge in [0, 0.05) is 86.1 Å². The molecule has 6 fully saturated rings. The van der Waals surface area contributed by atoms with Gasteiger partial charge in [-0.3, -0.25) is 48.3 Å². The van der Waals surface area contributed by atoms with Gasteiger partial charge in [-0.05, 0) is 236 Å². The number of halogens is 2. The molecule has 0 radical (unpaired) electrons. The molecule has 11 rings (SSSR count). The number of nitrogens with zero attached hydrogens (tertiary/aromatic N) is 6. The number of hydrogen-bond acceptors (Lipinski definition) is 25. The van der Waals surface area contributed by atoms with E-state index in [1.54, 1.807) is 68.8 Å². The van der Waals surface area contributed by atoms with Gasteiger partial charge in [0.05, 0.1) is 38.4 Å². The average Bonchev–Trinajstić information content (AvgIpc) is 0.817. The predicted molar refractivity (Wildman–Crippen MR) is 555 cm³/mol. The smallest absolute Gasteiger partial charge is 0.480 e. The topological polar surface area (TPSA) is 381 Å². The number of aliphatic hydroxyl groups excluding tert-OH is 1. The van der Waals surface area contributed by atoms with E-state index in [0.717, 1.165) is 112 Å². The number of aliphatic carboxylic acids is 1. The summed E-state index contributed by atoms with van der Waals surface area (Å²) in [6.07, 6.45) is 12.8. The standard InChI is InChI=1S/C19H27NO4.C17H25NO3.C17H23NO3.C14H19NO2.C13H24N2O4.C11H19NO4.C6H5.C4H6O3.C2H7NO.4CH4.2ClH.Li/c1-14(21)23-17(15-10-6-5-7-11-15)16-12-8-9-13-20(16)18(22)24-19(2,3)4;2*1-17(2,3)21-16(20)18-12-8-7-11-14(18)15(19)13-9-5-4-6-10-13;1-11(16)17-14(12-7-3-2-4-8-12)13-9-5-6-10-15-13;1-13(2,3)19-12(17)15-9-7-6-8-10(15)11(16)14(4)18-5;1-11(2,3)16-10(15)12-7-5-4-6-8(12)9(13)14;1-2-4-6-5-3-1;1-3(5)7-4(2)6;1-3-4-2;;;;;;;/h5-7,10-11,16-17H,8-9,12-13H2,1-4H3;4-6,9-10,14-15,19H,7-8,11-12H2,1-3H3;4-6,9-10,14H,7-8,11-12H2,1-3H3;2-4,7-8,13-15H,5-6,9-10H2,1H3;10H,6-9H2,1-5H3;8H,4-7H2,1-3H3,(H,13,14);1-5H;1-2H3;3H,1-2H3;4*1H4;2*1H;/q;;;;;;-1;;;;;;;;;+1/t16-,17-;14-,15-;14-;13-,14-;10-;8-;;;;;;;;;;/m000000........../s1. The fourth-order valence-corrected chi connectivity index (χ4v) is 14.9. The summed E-state index contributed by atoms with van der Waals surface area (Å²) in [6.45, 7) is 36.5. The summed E-state index contributed by atoms with van der Waals surface area (Å²) >= 11 is 0. The summed E-state index contributed by atoms with van der Waals surface area (Å²) < 4.78 is 42.0. The number of esters is 4. The molecule has 6 saturated heterocycles. The SMILES string of the molecule is C.C.C.C.CC(=O)OC(C)=O.CC(=O)O[C@@H](c1ccccc1)[C@@H]1CCCCN1.CC(=O)O[C@@H](c1ccccc1)[C@@H]1CCCCN1C(=O)OC(C)(C)C.CC(C)(C)OC(=O)N1CCCC[C@H]1C(=O)O.CC(C)(C)OC(=O)N1CCCC[C@H]1C(=O)c1ccccc1.CC(C)(C)OC(=O)N1CCCC[C@H]1[C@@H](O)c1ccccc1.CNOC.CON(C)C(=O)[C@@H]1CCCCN1C(=O)OC(C)(C)C.Cl.Cl.[Li+].[c-]1ccccc1. The van der Waals surface area contributed by atoms with Gasteiger partial charge in [-0.2, -0.15) is 36.4 Å². The van der Waals surface area contributed by atoms with E-state index in [1.165, 1.54) is 57.4 Å². The molecule has 32 nitrogen and oxygen atoms in total. The number of carbonyl (C=O) groups excluding carboxylic acids is 11. The van der Waals surface area contributed by atoms with E-state index in [9.17, 15) is 62.6 Å². The van der Waals surface area contributed by atoms with Crippen molar-refractivity contribution in [3.63, 3.8) is 0 Å². The Morgan fingerprint density at radius 2 is 0.704 bits per heavy atom. The molecule has 0 unspecified atom stereocenters. The molecule has 35 heteroatoms. The Morgan fingerprint density at radius 1 is 0.401 bits per heavy atom. The molecule has 6 heterocycles. The Morgan fingerprint density at radius 3 is 1.03 bits per heavy atom. The maximum absolute atomic E-state index is 12.6. The first kappa shape index (κ1) is 141. The molecule has 800 valence electrons. The van der Waals surface area contributed by atoms with E-state index in [1.807, 2.05) is 223 Å². The summed E-state index contributed by atoms with van der Waals surface area (Å²) in [4.78, 5) is 156. The fraction of sp³-hybridized carbons (Fsp3) is 0.607. The Bertz CT molecular complexity index is 4310. The number of carboxylic acid groups (broad SMARTS) is 1. The van der Waals surface area contributed by atoms with Crippen LogP contribution in [0.2, 0.25) is 0 Å². The van der Waals surface area contributed by atoms with Crippen LogP contribution < -0.4 is 29.7 Å². The molecule has 4 N–H and O–H groups in total. The molecule has 5 aromatic carbocycles. The number of likely N-dealkylation sites (N-methyl/N-ethyl adjacent to an activating group) is 1. The predicted octanol–water partition coefficient (Wildman–Crippen LogP) is 19.1. The largest absolute Gasteiger partial charge is 1.00 e. The van der Waals surface area contributed by atoms with Crippen LogP contribution in [0, 0.1) is 6.07 Å². The Hall–Kier alpha value is -9.88. The zero-order valence-corrected chi connectivity index (χ0v) is 87.6. The number of hydroxylamine groups is 3. The molecule has 0 saturated carbocycles. The minimum Gasteiger partial charge on any atom is -0.480 e. The van der Waals surface area contributed by atoms with Crippen molar-refractivity contribution in [2.75, 3.05) is 67.6 Å². The van der Waals surface area contributed by atoms with E-state index >= 15 is 0 Å². The molecule has 0 bridgehead atoms. The molecular formula is C107H173Cl2LiN8O24. The number of benzene rings is 5. The van der Waals surface area contributed by atoms with Crippen LogP contribution in [0.4, 0.5) is 24.0 Å². The Labute approximate surface area is 873 Å². The van der Waals surface area contributed by atoms with Crippen LogP contribution in [-0.2, 0) is 76.3 Å². The van der Waals surface area contributed by atoms with Crippen LogP contribution in [0.3, 0.4) is 0 Å². The minimum atomic E-state index is -0.953. The number of ether oxygens (including phenoxy) is 8. The first-order chi connectivity index (χ1) is 63.4. The van der Waals surface area contributed by atoms with Crippen LogP contribution in [-0.4, -0.2) is 244 Å². The van der Waals surface area contributed by atoms with Gasteiger partial charge in [-0.15, -0.1) is 24.8 Å². The van der Waals surface area contributed by atoms with Crippen LogP contribution in [0.5, 0.6) is 0 Å².